The Morgan fingerprint density at radius 1 is 1.32 bits per heavy atom. The van der Waals surface area contributed by atoms with E-state index in [0.717, 1.165) is 18.2 Å². The SMILES string of the molecule is Nc1cc(NCCC2CCCCC2)ccc1C(=O)O. The number of aromatic carboxylic acids is 1. The molecular weight excluding hydrogens is 240 g/mol. The van der Waals surface area contributed by atoms with Crippen molar-refractivity contribution < 1.29 is 9.90 Å². The monoisotopic (exact) mass is 262 g/mol. The molecule has 0 aliphatic heterocycles. The van der Waals surface area contributed by atoms with Crippen molar-refractivity contribution in [1.29, 1.82) is 0 Å². The first-order chi connectivity index (χ1) is 9.16. The third kappa shape index (κ3) is 3.88. The van der Waals surface area contributed by atoms with Crippen LogP contribution in [0.15, 0.2) is 18.2 Å². The zero-order valence-electron chi connectivity index (χ0n) is 11.2. The van der Waals surface area contributed by atoms with Crippen molar-refractivity contribution in [3.63, 3.8) is 0 Å². The van der Waals surface area contributed by atoms with Gasteiger partial charge in [-0.05, 0) is 30.5 Å². The van der Waals surface area contributed by atoms with Gasteiger partial charge in [0.1, 0.15) is 0 Å². The highest BCUT2D eigenvalue weighted by Gasteiger charge is 2.13. The van der Waals surface area contributed by atoms with Crippen molar-refractivity contribution in [1.82, 2.24) is 0 Å². The van der Waals surface area contributed by atoms with Crippen LogP contribution in [0.3, 0.4) is 0 Å². The molecule has 0 radical (unpaired) electrons. The molecule has 19 heavy (non-hydrogen) atoms. The second-order valence-corrected chi connectivity index (χ2v) is 5.33. The molecule has 1 aliphatic rings. The molecule has 4 nitrogen and oxygen atoms in total. The Hall–Kier alpha value is -1.71. The van der Waals surface area contributed by atoms with Crippen molar-refractivity contribution >= 4 is 17.3 Å². The molecule has 1 aliphatic carbocycles. The molecule has 104 valence electrons. The maximum Gasteiger partial charge on any atom is 0.337 e. The maximum atomic E-state index is 10.9. The second kappa shape index (κ2) is 6.45. The average Bonchev–Trinajstić information content (AvgIpc) is 2.39. The third-order valence-corrected chi connectivity index (χ3v) is 3.89. The summed E-state index contributed by atoms with van der Waals surface area (Å²) in [5.74, 6) is -0.136. The number of nitrogens with two attached hydrogens (primary N) is 1. The summed E-state index contributed by atoms with van der Waals surface area (Å²) in [6, 6.07) is 5.03. The summed E-state index contributed by atoms with van der Waals surface area (Å²) < 4.78 is 0. The summed E-state index contributed by atoms with van der Waals surface area (Å²) in [5, 5.41) is 12.2. The lowest BCUT2D eigenvalue weighted by atomic mass is 9.87. The highest BCUT2D eigenvalue weighted by Crippen LogP contribution is 2.26. The van der Waals surface area contributed by atoms with E-state index in [-0.39, 0.29) is 5.56 Å². The van der Waals surface area contributed by atoms with Gasteiger partial charge in [-0.15, -0.1) is 0 Å². The standard InChI is InChI=1S/C15H22N2O2/c16-14-10-12(6-7-13(14)15(18)19)17-9-8-11-4-2-1-3-5-11/h6-7,10-11,17H,1-5,8-9,16H2,(H,18,19). The van der Waals surface area contributed by atoms with Crippen molar-refractivity contribution in [2.24, 2.45) is 5.92 Å². The number of hydrogen-bond acceptors (Lipinski definition) is 3. The molecule has 0 heterocycles. The van der Waals surface area contributed by atoms with E-state index in [1.54, 1.807) is 18.2 Å². The first-order valence-corrected chi connectivity index (χ1v) is 7.03. The lowest BCUT2D eigenvalue weighted by Crippen LogP contribution is -2.12. The third-order valence-electron chi connectivity index (χ3n) is 3.89. The number of carboxylic acid groups (broad SMARTS) is 1. The van der Waals surface area contributed by atoms with Crippen LogP contribution in [0.25, 0.3) is 0 Å². The van der Waals surface area contributed by atoms with Crippen LogP contribution in [0.1, 0.15) is 48.9 Å². The van der Waals surface area contributed by atoms with Crippen LogP contribution < -0.4 is 11.1 Å². The fraction of sp³-hybridized carbons (Fsp3) is 0.533. The van der Waals surface area contributed by atoms with Gasteiger partial charge in [-0.25, -0.2) is 4.79 Å². The summed E-state index contributed by atoms with van der Waals surface area (Å²) in [7, 11) is 0. The molecule has 4 heteroatoms. The lowest BCUT2D eigenvalue weighted by Gasteiger charge is -2.21. The molecule has 1 fully saturated rings. The number of nitrogens with one attached hydrogen (secondary N) is 1. The predicted octanol–water partition coefficient (Wildman–Crippen LogP) is 3.35. The van der Waals surface area contributed by atoms with E-state index >= 15 is 0 Å². The Kier molecular flexibility index (Phi) is 4.66. The Morgan fingerprint density at radius 2 is 2.05 bits per heavy atom. The van der Waals surface area contributed by atoms with E-state index < -0.39 is 5.97 Å². The van der Waals surface area contributed by atoms with Crippen LogP contribution in [0, 0.1) is 5.92 Å². The summed E-state index contributed by atoms with van der Waals surface area (Å²) in [6.45, 7) is 0.927. The second-order valence-electron chi connectivity index (χ2n) is 5.33. The maximum absolute atomic E-state index is 10.9. The predicted molar refractivity (Wildman–Crippen MR) is 77.5 cm³/mol. The van der Waals surface area contributed by atoms with Gasteiger partial charge in [0.25, 0.3) is 0 Å². The molecular formula is C15H22N2O2. The highest BCUT2D eigenvalue weighted by molar-refractivity contribution is 5.94. The molecule has 2 rings (SSSR count). The van der Waals surface area contributed by atoms with Gasteiger partial charge in [0.15, 0.2) is 0 Å². The van der Waals surface area contributed by atoms with Gasteiger partial charge in [-0.1, -0.05) is 32.1 Å². The minimum absolute atomic E-state index is 0.165. The van der Waals surface area contributed by atoms with Gasteiger partial charge in [0, 0.05) is 17.9 Å². The lowest BCUT2D eigenvalue weighted by molar-refractivity contribution is 0.0698. The normalized spacial score (nSPS) is 16.2. The van der Waals surface area contributed by atoms with E-state index in [4.69, 9.17) is 10.8 Å². The minimum atomic E-state index is -0.980. The van der Waals surface area contributed by atoms with E-state index in [2.05, 4.69) is 5.32 Å². The molecule has 4 N–H and O–H groups in total. The smallest absolute Gasteiger partial charge is 0.337 e. The molecule has 0 amide bonds. The number of carboxylic acids is 1. The van der Waals surface area contributed by atoms with Crippen molar-refractivity contribution in [2.75, 3.05) is 17.6 Å². The molecule has 1 saturated carbocycles. The van der Waals surface area contributed by atoms with Crippen molar-refractivity contribution in [3.8, 4) is 0 Å². The zero-order valence-corrected chi connectivity index (χ0v) is 11.2. The van der Waals surface area contributed by atoms with E-state index in [1.807, 2.05) is 0 Å². The Bertz CT molecular complexity index is 440. The number of benzene rings is 1. The number of anilines is 2. The van der Waals surface area contributed by atoms with Gasteiger partial charge >= 0.3 is 5.97 Å². The van der Waals surface area contributed by atoms with Gasteiger partial charge in [0.2, 0.25) is 0 Å². The van der Waals surface area contributed by atoms with E-state index in [1.165, 1.54) is 38.5 Å². The molecule has 1 aromatic carbocycles. The van der Waals surface area contributed by atoms with E-state index in [0.29, 0.717) is 5.69 Å². The number of carbonyl (C=O) groups is 1. The van der Waals surface area contributed by atoms with Crippen molar-refractivity contribution in [3.05, 3.63) is 23.8 Å². The van der Waals surface area contributed by atoms with Gasteiger partial charge < -0.3 is 16.2 Å². The average molecular weight is 262 g/mol. The quantitative estimate of drug-likeness (QED) is 0.711. The van der Waals surface area contributed by atoms with E-state index in [9.17, 15) is 4.79 Å². The van der Waals surface area contributed by atoms with Crippen LogP contribution in [0.2, 0.25) is 0 Å². The Labute approximate surface area is 114 Å². The van der Waals surface area contributed by atoms with Crippen LogP contribution in [-0.4, -0.2) is 17.6 Å². The Balaban J connectivity index is 1.82. The van der Waals surface area contributed by atoms with Crippen LogP contribution in [-0.2, 0) is 0 Å². The fourth-order valence-electron chi connectivity index (χ4n) is 2.76. The first-order valence-electron chi connectivity index (χ1n) is 7.03. The number of hydrogen-bond donors (Lipinski definition) is 3. The first kappa shape index (κ1) is 13.7. The van der Waals surface area contributed by atoms with Gasteiger partial charge in [-0.2, -0.15) is 0 Å². The Morgan fingerprint density at radius 3 is 2.68 bits per heavy atom. The van der Waals surface area contributed by atoms with Gasteiger partial charge in [-0.3, -0.25) is 0 Å². The number of rotatable bonds is 5. The highest BCUT2D eigenvalue weighted by atomic mass is 16.4. The largest absolute Gasteiger partial charge is 0.478 e. The molecule has 1 aromatic rings. The topological polar surface area (TPSA) is 75.3 Å². The van der Waals surface area contributed by atoms with Crippen LogP contribution >= 0.6 is 0 Å². The molecule has 0 saturated heterocycles. The summed E-state index contributed by atoms with van der Waals surface area (Å²) >= 11 is 0. The molecule has 0 spiro atoms. The summed E-state index contributed by atoms with van der Waals surface area (Å²) in [5.41, 5.74) is 7.10. The molecule has 0 unspecified atom stereocenters. The molecule has 0 aromatic heterocycles. The summed E-state index contributed by atoms with van der Waals surface area (Å²) in [6.07, 6.45) is 8.00. The molecule has 0 atom stereocenters. The van der Waals surface area contributed by atoms with Crippen molar-refractivity contribution in [2.45, 2.75) is 38.5 Å². The minimum Gasteiger partial charge on any atom is -0.478 e. The van der Waals surface area contributed by atoms with Crippen LogP contribution in [0.4, 0.5) is 11.4 Å². The van der Waals surface area contributed by atoms with Crippen LogP contribution in [0.5, 0.6) is 0 Å². The fourth-order valence-corrected chi connectivity index (χ4v) is 2.76. The molecule has 0 bridgehead atoms. The number of nitrogen functional groups attached to an aromatic ring is 1. The summed E-state index contributed by atoms with van der Waals surface area (Å²) in [4.78, 5) is 10.9. The van der Waals surface area contributed by atoms with Gasteiger partial charge in [0.05, 0.1) is 5.56 Å². The zero-order chi connectivity index (χ0) is 13.7.